The van der Waals surface area contributed by atoms with Crippen molar-refractivity contribution in [1.29, 1.82) is 0 Å². The van der Waals surface area contributed by atoms with E-state index in [1.807, 2.05) is 6.07 Å². The number of nitrogens with one attached hydrogen (secondary N) is 1. The van der Waals surface area contributed by atoms with Crippen molar-refractivity contribution in [1.82, 2.24) is 5.32 Å². The molecule has 1 aromatic rings. The van der Waals surface area contributed by atoms with Gasteiger partial charge in [0, 0.05) is 18.5 Å². The molecular formula is C15H23NO. The molecule has 1 heterocycles. The third-order valence-electron chi connectivity index (χ3n) is 4.14. The van der Waals surface area contributed by atoms with Gasteiger partial charge in [0.25, 0.3) is 0 Å². The molecule has 1 N–H and O–H groups in total. The Hall–Kier alpha value is -0.760. The second-order valence-electron chi connectivity index (χ2n) is 5.89. The van der Waals surface area contributed by atoms with Crippen molar-refractivity contribution in [2.24, 2.45) is 11.8 Å². The molecule has 17 heavy (non-hydrogen) atoms. The van der Waals surface area contributed by atoms with E-state index in [0.29, 0.717) is 6.04 Å². The van der Waals surface area contributed by atoms with Crippen LogP contribution in [-0.2, 0) is 6.42 Å². The Kier molecular flexibility index (Phi) is 3.24. The third kappa shape index (κ3) is 3.12. The Morgan fingerprint density at radius 2 is 2.00 bits per heavy atom. The molecule has 2 nitrogen and oxygen atoms in total. The van der Waals surface area contributed by atoms with E-state index < -0.39 is 0 Å². The zero-order chi connectivity index (χ0) is 11.7. The molecule has 0 bridgehead atoms. The highest BCUT2D eigenvalue weighted by molar-refractivity contribution is 5.00. The fourth-order valence-corrected chi connectivity index (χ4v) is 2.79. The van der Waals surface area contributed by atoms with E-state index in [0.717, 1.165) is 30.1 Å². The van der Waals surface area contributed by atoms with Crippen molar-refractivity contribution >= 4 is 0 Å². The summed E-state index contributed by atoms with van der Waals surface area (Å²) in [4.78, 5) is 0. The Bertz CT molecular complexity index is 326. The minimum atomic E-state index is 0.617. The minimum absolute atomic E-state index is 0.617. The topological polar surface area (TPSA) is 25.2 Å². The summed E-state index contributed by atoms with van der Waals surface area (Å²) < 4.78 is 5.38. The Balaban J connectivity index is 1.43. The summed E-state index contributed by atoms with van der Waals surface area (Å²) in [5.74, 6) is 3.11. The molecule has 2 aliphatic carbocycles. The summed E-state index contributed by atoms with van der Waals surface area (Å²) in [7, 11) is 0. The SMILES string of the molecule is CC(CCc1ccco1)NC(C1CC1)C1CC1. The first-order valence-electron chi connectivity index (χ1n) is 7.11. The summed E-state index contributed by atoms with van der Waals surface area (Å²) >= 11 is 0. The lowest BCUT2D eigenvalue weighted by atomic mass is 10.0. The molecule has 0 aliphatic heterocycles. The highest BCUT2D eigenvalue weighted by atomic mass is 16.3. The molecule has 2 saturated carbocycles. The van der Waals surface area contributed by atoms with Crippen molar-refractivity contribution in [2.45, 2.75) is 57.5 Å². The van der Waals surface area contributed by atoms with E-state index in [9.17, 15) is 0 Å². The number of hydrogen-bond acceptors (Lipinski definition) is 2. The number of rotatable bonds is 7. The first kappa shape index (κ1) is 11.3. The standard InChI is InChI=1S/C15H23NO/c1-11(4-9-14-3-2-10-17-14)16-15(12-5-6-12)13-7-8-13/h2-3,10-13,15-16H,4-9H2,1H3. The molecule has 1 unspecified atom stereocenters. The van der Waals surface area contributed by atoms with Gasteiger partial charge in [0.15, 0.2) is 0 Å². The van der Waals surface area contributed by atoms with E-state index in [-0.39, 0.29) is 0 Å². The van der Waals surface area contributed by atoms with Gasteiger partial charge in [0.05, 0.1) is 6.26 Å². The molecule has 0 amide bonds. The van der Waals surface area contributed by atoms with Crippen molar-refractivity contribution in [3.8, 4) is 0 Å². The van der Waals surface area contributed by atoms with Crippen molar-refractivity contribution in [3.63, 3.8) is 0 Å². The zero-order valence-electron chi connectivity index (χ0n) is 10.7. The van der Waals surface area contributed by atoms with Crippen LogP contribution in [0.4, 0.5) is 0 Å². The van der Waals surface area contributed by atoms with E-state index in [2.05, 4.69) is 18.3 Å². The maximum absolute atomic E-state index is 5.38. The van der Waals surface area contributed by atoms with Gasteiger partial charge in [-0.2, -0.15) is 0 Å². The average molecular weight is 233 g/mol. The van der Waals surface area contributed by atoms with Crippen LogP contribution < -0.4 is 5.32 Å². The highest BCUT2D eigenvalue weighted by Crippen LogP contribution is 2.44. The van der Waals surface area contributed by atoms with Gasteiger partial charge < -0.3 is 9.73 Å². The summed E-state index contributed by atoms with van der Waals surface area (Å²) in [6.45, 7) is 2.32. The van der Waals surface area contributed by atoms with Gasteiger partial charge in [-0.25, -0.2) is 0 Å². The predicted octanol–water partition coefficient (Wildman–Crippen LogP) is 3.38. The van der Waals surface area contributed by atoms with E-state index in [1.165, 1.54) is 32.1 Å². The molecule has 0 saturated heterocycles. The molecule has 3 rings (SSSR count). The molecule has 2 heteroatoms. The number of furan rings is 1. The van der Waals surface area contributed by atoms with Crippen LogP contribution in [0, 0.1) is 11.8 Å². The zero-order valence-corrected chi connectivity index (χ0v) is 10.7. The van der Waals surface area contributed by atoms with Gasteiger partial charge in [-0.1, -0.05) is 0 Å². The summed E-state index contributed by atoms with van der Waals surface area (Å²) in [5, 5.41) is 3.86. The summed E-state index contributed by atoms with van der Waals surface area (Å²) in [6, 6.07) is 5.49. The Morgan fingerprint density at radius 3 is 2.53 bits per heavy atom. The normalized spacial score (nSPS) is 22.0. The quantitative estimate of drug-likeness (QED) is 0.781. The van der Waals surface area contributed by atoms with Crippen LogP contribution >= 0.6 is 0 Å². The monoisotopic (exact) mass is 233 g/mol. The first-order valence-corrected chi connectivity index (χ1v) is 7.11. The van der Waals surface area contributed by atoms with Crippen LogP contribution in [0.25, 0.3) is 0 Å². The second kappa shape index (κ2) is 4.85. The highest BCUT2D eigenvalue weighted by Gasteiger charge is 2.41. The van der Waals surface area contributed by atoms with Gasteiger partial charge >= 0.3 is 0 Å². The molecule has 94 valence electrons. The lowest BCUT2D eigenvalue weighted by Crippen LogP contribution is -2.39. The largest absolute Gasteiger partial charge is 0.469 e. The van der Waals surface area contributed by atoms with Crippen LogP contribution in [-0.4, -0.2) is 12.1 Å². The number of aryl methyl sites for hydroxylation is 1. The van der Waals surface area contributed by atoms with Crippen LogP contribution in [0.15, 0.2) is 22.8 Å². The predicted molar refractivity (Wildman–Crippen MR) is 68.9 cm³/mol. The van der Waals surface area contributed by atoms with Crippen molar-refractivity contribution < 1.29 is 4.42 Å². The average Bonchev–Trinajstić information content (AvgIpc) is 3.24. The smallest absolute Gasteiger partial charge is 0.103 e. The molecule has 1 aromatic heterocycles. The van der Waals surface area contributed by atoms with Gasteiger partial charge in [-0.3, -0.25) is 0 Å². The summed E-state index contributed by atoms with van der Waals surface area (Å²) in [5.41, 5.74) is 0. The molecule has 1 atom stereocenters. The Morgan fingerprint density at radius 1 is 1.29 bits per heavy atom. The van der Waals surface area contributed by atoms with Crippen molar-refractivity contribution in [2.75, 3.05) is 0 Å². The first-order chi connectivity index (χ1) is 8.33. The summed E-state index contributed by atoms with van der Waals surface area (Å²) in [6.07, 6.45) is 9.84. The number of hydrogen-bond donors (Lipinski definition) is 1. The van der Waals surface area contributed by atoms with E-state index >= 15 is 0 Å². The van der Waals surface area contributed by atoms with Crippen molar-refractivity contribution in [3.05, 3.63) is 24.2 Å². The van der Waals surface area contributed by atoms with Crippen LogP contribution in [0.5, 0.6) is 0 Å². The van der Waals surface area contributed by atoms with Gasteiger partial charge in [0.1, 0.15) is 5.76 Å². The molecule has 2 fully saturated rings. The third-order valence-corrected chi connectivity index (χ3v) is 4.14. The molecule has 0 radical (unpaired) electrons. The maximum atomic E-state index is 5.38. The Labute approximate surface area is 104 Å². The maximum Gasteiger partial charge on any atom is 0.103 e. The van der Waals surface area contributed by atoms with Crippen LogP contribution in [0.2, 0.25) is 0 Å². The fraction of sp³-hybridized carbons (Fsp3) is 0.733. The molecular weight excluding hydrogens is 210 g/mol. The lowest BCUT2D eigenvalue weighted by Gasteiger charge is -2.23. The van der Waals surface area contributed by atoms with E-state index in [4.69, 9.17) is 4.42 Å². The van der Waals surface area contributed by atoms with Crippen LogP contribution in [0.1, 0.15) is 44.8 Å². The van der Waals surface area contributed by atoms with Gasteiger partial charge in [-0.05, 0) is 63.0 Å². The van der Waals surface area contributed by atoms with Crippen LogP contribution in [0.3, 0.4) is 0 Å². The molecule has 0 spiro atoms. The lowest BCUT2D eigenvalue weighted by molar-refractivity contribution is 0.356. The molecule has 2 aliphatic rings. The molecule has 0 aromatic carbocycles. The van der Waals surface area contributed by atoms with Gasteiger partial charge in [0.2, 0.25) is 0 Å². The second-order valence-corrected chi connectivity index (χ2v) is 5.89. The minimum Gasteiger partial charge on any atom is -0.469 e. The fourth-order valence-electron chi connectivity index (χ4n) is 2.79. The van der Waals surface area contributed by atoms with E-state index in [1.54, 1.807) is 6.26 Å². The van der Waals surface area contributed by atoms with Gasteiger partial charge in [-0.15, -0.1) is 0 Å².